The lowest BCUT2D eigenvalue weighted by Gasteiger charge is -1.96. The molecule has 1 radical (unpaired) electrons. The maximum Gasteiger partial charge on any atom is 0.0844 e. The Morgan fingerprint density at radius 2 is 2.09 bits per heavy atom. The van der Waals surface area contributed by atoms with E-state index in [2.05, 4.69) is 30.7 Å². The van der Waals surface area contributed by atoms with Crippen LogP contribution >= 0.6 is 0 Å². The molecule has 0 unspecified atom stereocenters. The molecule has 2 rings (SSSR count). The Bertz CT molecular complexity index is 214. The minimum atomic E-state index is 0.440. The van der Waals surface area contributed by atoms with Gasteiger partial charge in [0.15, 0.2) is 0 Å². The summed E-state index contributed by atoms with van der Waals surface area (Å²) in [6.07, 6.45) is 3.69. The van der Waals surface area contributed by atoms with Crippen molar-refractivity contribution in [2.75, 3.05) is 6.61 Å². The van der Waals surface area contributed by atoms with Crippen molar-refractivity contribution < 1.29 is 4.74 Å². The molecular weight excluding hydrogens is 136 g/mol. The number of rotatable bonds is 3. The van der Waals surface area contributed by atoms with Crippen LogP contribution < -0.4 is 0 Å². The zero-order valence-corrected chi connectivity index (χ0v) is 6.36. The monoisotopic (exact) mass is 147 g/mol. The second-order valence-corrected chi connectivity index (χ2v) is 2.80. The minimum Gasteiger partial charge on any atom is -0.373 e. The molecule has 1 aromatic rings. The van der Waals surface area contributed by atoms with Crippen molar-refractivity contribution in [3.63, 3.8) is 0 Å². The Balaban J connectivity index is 1.85. The molecule has 1 aromatic carbocycles. The molecule has 1 heterocycles. The van der Waals surface area contributed by atoms with E-state index in [0.717, 1.165) is 13.0 Å². The van der Waals surface area contributed by atoms with Crippen LogP contribution in [0, 0.1) is 6.42 Å². The fourth-order valence-corrected chi connectivity index (χ4v) is 1.07. The van der Waals surface area contributed by atoms with E-state index >= 15 is 0 Å². The van der Waals surface area contributed by atoms with Crippen molar-refractivity contribution in [3.8, 4) is 0 Å². The van der Waals surface area contributed by atoms with Crippen molar-refractivity contribution in [1.82, 2.24) is 0 Å². The maximum atomic E-state index is 5.07. The summed E-state index contributed by atoms with van der Waals surface area (Å²) in [5.41, 5.74) is 1.36. The number of benzene rings is 1. The predicted octanol–water partition coefficient (Wildman–Crippen LogP) is 1.83. The van der Waals surface area contributed by atoms with Gasteiger partial charge in [-0.25, -0.2) is 0 Å². The first-order chi connectivity index (χ1) is 5.45. The predicted molar refractivity (Wildman–Crippen MR) is 44.2 cm³/mol. The Labute approximate surface area is 67.0 Å². The Hall–Kier alpha value is -0.820. The van der Waals surface area contributed by atoms with Crippen molar-refractivity contribution in [2.24, 2.45) is 0 Å². The fraction of sp³-hybridized carbons (Fsp3) is 0.300. The molecule has 0 N–H and O–H groups in total. The molecule has 0 aliphatic carbocycles. The van der Waals surface area contributed by atoms with E-state index in [4.69, 9.17) is 4.74 Å². The molecule has 0 amide bonds. The average Bonchev–Trinajstić information content (AvgIpc) is 2.86. The topological polar surface area (TPSA) is 12.5 Å². The summed E-state index contributed by atoms with van der Waals surface area (Å²) in [6.45, 7) is 0.923. The second-order valence-electron chi connectivity index (χ2n) is 2.80. The third kappa shape index (κ3) is 2.05. The van der Waals surface area contributed by atoms with Gasteiger partial charge in [-0.3, -0.25) is 0 Å². The molecular formula is C10H11O. The zero-order chi connectivity index (χ0) is 7.52. The Kier molecular flexibility index (Phi) is 1.91. The average molecular weight is 147 g/mol. The maximum absolute atomic E-state index is 5.07. The molecule has 1 aliphatic rings. The van der Waals surface area contributed by atoms with Crippen LogP contribution in [0.4, 0.5) is 0 Å². The Morgan fingerprint density at radius 1 is 1.36 bits per heavy atom. The normalized spacial score (nSPS) is 21.6. The summed E-state index contributed by atoms with van der Waals surface area (Å²) in [5.74, 6) is 0. The molecule has 1 fully saturated rings. The van der Waals surface area contributed by atoms with E-state index in [-0.39, 0.29) is 0 Å². The third-order valence-corrected chi connectivity index (χ3v) is 1.82. The SMILES string of the molecule is [CH](Cc1ccccc1)[C@H]1CO1. The first-order valence-corrected chi connectivity index (χ1v) is 3.94. The van der Waals surface area contributed by atoms with E-state index in [0.29, 0.717) is 6.10 Å². The molecule has 0 saturated carbocycles. The van der Waals surface area contributed by atoms with Gasteiger partial charge in [0.1, 0.15) is 0 Å². The van der Waals surface area contributed by atoms with Crippen LogP contribution in [0.3, 0.4) is 0 Å². The fourth-order valence-electron chi connectivity index (χ4n) is 1.07. The van der Waals surface area contributed by atoms with E-state index in [1.807, 2.05) is 6.07 Å². The van der Waals surface area contributed by atoms with Crippen LogP contribution in [-0.2, 0) is 11.2 Å². The summed E-state index contributed by atoms with van der Waals surface area (Å²) in [6, 6.07) is 10.4. The molecule has 0 spiro atoms. The van der Waals surface area contributed by atoms with Crippen LogP contribution in [-0.4, -0.2) is 12.7 Å². The minimum absolute atomic E-state index is 0.440. The highest BCUT2D eigenvalue weighted by Crippen LogP contribution is 2.15. The summed E-state index contributed by atoms with van der Waals surface area (Å²) in [5, 5.41) is 0. The van der Waals surface area contributed by atoms with Crippen LogP contribution in [0.1, 0.15) is 5.56 Å². The van der Waals surface area contributed by atoms with Gasteiger partial charge in [0.25, 0.3) is 0 Å². The van der Waals surface area contributed by atoms with Crippen molar-refractivity contribution in [1.29, 1.82) is 0 Å². The van der Waals surface area contributed by atoms with E-state index in [1.165, 1.54) is 5.56 Å². The largest absolute Gasteiger partial charge is 0.373 e. The van der Waals surface area contributed by atoms with E-state index < -0.39 is 0 Å². The molecule has 57 valence electrons. The molecule has 0 aromatic heterocycles. The number of ether oxygens (including phenoxy) is 1. The summed E-state index contributed by atoms with van der Waals surface area (Å²) in [4.78, 5) is 0. The van der Waals surface area contributed by atoms with Crippen LogP contribution in [0.15, 0.2) is 30.3 Å². The molecule has 1 heteroatoms. The van der Waals surface area contributed by atoms with Crippen molar-refractivity contribution >= 4 is 0 Å². The van der Waals surface area contributed by atoms with Crippen LogP contribution in [0.2, 0.25) is 0 Å². The van der Waals surface area contributed by atoms with Gasteiger partial charge in [-0.15, -0.1) is 0 Å². The number of hydrogen-bond donors (Lipinski definition) is 0. The Morgan fingerprint density at radius 3 is 2.73 bits per heavy atom. The second kappa shape index (κ2) is 3.05. The van der Waals surface area contributed by atoms with Gasteiger partial charge in [0.2, 0.25) is 0 Å². The molecule has 0 bridgehead atoms. The highest BCUT2D eigenvalue weighted by molar-refractivity contribution is 5.17. The molecule has 11 heavy (non-hydrogen) atoms. The summed E-state index contributed by atoms with van der Waals surface area (Å²) in [7, 11) is 0. The number of epoxide rings is 1. The van der Waals surface area contributed by atoms with Gasteiger partial charge in [-0.05, 0) is 18.4 Å². The van der Waals surface area contributed by atoms with Crippen molar-refractivity contribution in [2.45, 2.75) is 12.5 Å². The standard InChI is InChI=1S/C10H11O/c1-2-4-9(5-3-1)6-7-10-8-11-10/h1-5,7,10H,6,8H2/t10-/m0/s1. The van der Waals surface area contributed by atoms with E-state index in [9.17, 15) is 0 Å². The molecule has 1 aliphatic heterocycles. The van der Waals surface area contributed by atoms with Gasteiger partial charge in [-0.1, -0.05) is 30.3 Å². The lowest BCUT2D eigenvalue weighted by atomic mass is 10.1. The molecule has 1 nitrogen and oxygen atoms in total. The molecule has 1 saturated heterocycles. The molecule has 1 atom stereocenters. The highest BCUT2D eigenvalue weighted by atomic mass is 16.6. The number of hydrogen-bond acceptors (Lipinski definition) is 1. The quantitative estimate of drug-likeness (QED) is 0.594. The van der Waals surface area contributed by atoms with Crippen LogP contribution in [0.5, 0.6) is 0 Å². The third-order valence-electron chi connectivity index (χ3n) is 1.82. The smallest absolute Gasteiger partial charge is 0.0844 e. The van der Waals surface area contributed by atoms with Crippen LogP contribution in [0.25, 0.3) is 0 Å². The van der Waals surface area contributed by atoms with Gasteiger partial charge < -0.3 is 4.74 Å². The van der Waals surface area contributed by atoms with E-state index in [1.54, 1.807) is 0 Å². The zero-order valence-electron chi connectivity index (χ0n) is 6.36. The van der Waals surface area contributed by atoms with Gasteiger partial charge in [0.05, 0.1) is 12.7 Å². The first kappa shape index (κ1) is 6.86. The summed E-state index contributed by atoms with van der Waals surface area (Å²) >= 11 is 0. The lowest BCUT2D eigenvalue weighted by molar-refractivity contribution is 0.427. The van der Waals surface area contributed by atoms with Gasteiger partial charge in [-0.2, -0.15) is 0 Å². The first-order valence-electron chi connectivity index (χ1n) is 3.94. The highest BCUT2D eigenvalue weighted by Gasteiger charge is 2.21. The van der Waals surface area contributed by atoms with Gasteiger partial charge in [0, 0.05) is 0 Å². The lowest BCUT2D eigenvalue weighted by Crippen LogP contribution is -1.91. The summed E-state index contributed by atoms with van der Waals surface area (Å²) < 4.78 is 5.07. The van der Waals surface area contributed by atoms with Gasteiger partial charge >= 0.3 is 0 Å². The van der Waals surface area contributed by atoms with Crippen molar-refractivity contribution in [3.05, 3.63) is 42.3 Å².